The van der Waals surface area contributed by atoms with Gasteiger partial charge < -0.3 is 10.6 Å². The Bertz CT molecular complexity index is 496. The normalized spacial score (nSPS) is 17.8. The van der Waals surface area contributed by atoms with Crippen molar-refractivity contribution in [3.8, 4) is 0 Å². The molecule has 2 N–H and O–H groups in total. The Morgan fingerprint density at radius 2 is 2.00 bits per heavy atom. The van der Waals surface area contributed by atoms with E-state index in [-0.39, 0.29) is 5.92 Å². The maximum absolute atomic E-state index is 13.2. The fraction of sp³-hybridized carbons (Fsp3) is 0.562. The maximum Gasteiger partial charge on any atom is 0.191 e. The first-order valence-corrected chi connectivity index (χ1v) is 7.52. The summed E-state index contributed by atoms with van der Waals surface area (Å²) in [7, 11) is 1.74. The highest BCUT2D eigenvalue weighted by molar-refractivity contribution is 5.80. The van der Waals surface area contributed by atoms with Crippen molar-refractivity contribution in [1.29, 1.82) is 0 Å². The monoisotopic (exact) mass is 295 g/mol. The quantitative estimate of drug-likeness (QED) is 0.661. The molecule has 1 aliphatic rings. The molecule has 0 heterocycles. The fourth-order valence-electron chi connectivity index (χ4n) is 2.64. The van der Waals surface area contributed by atoms with Crippen LogP contribution in [0.25, 0.3) is 0 Å². The third-order valence-corrected chi connectivity index (χ3v) is 4.01. The van der Waals surface area contributed by atoms with E-state index in [9.17, 15) is 8.78 Å². The number of benzene rings is 1. The zero-order chi connectivity index (χ0) is 15.2. The van der Waals surface area contributed by atoms with Crippen molar-refractivity contribution in [1.82, 2.24) is 10.6 Å². The predicted octanol–water partition coefficient (Wildman–Crippen LogP) is 3.18. The second-order valence-corrected chi connectivity index (χ2v) is 5.65. The van der Waals surface area contributed by atoms with Gasteiger partial charge in [0.05, 0.1) is 0 Å². The molecule has 0 bridgehead atoms. The van der Waals surface area contributed by atoms with Gasteiger partial charge >= 0.3 is 0 Å². The Balaban J connectivity index is 1.86. The minimum absolute atomic E-state index is 0.0715. The third kappa shape index (κ3) is 4.41. The minimum atomic E-state index is -0.808. The summed E-state index contributed by atoms with van der Waals surface area (Å²) >= 11 is 0. The Morgan fingerprint density at radius 1 is 1.29 bits per heavy atom. The molecule has 2 rings (SSSR count). The average molecular weight is 295 g/mol. The molecular weight excluding hydrogens is 272 g/mol. The summed E-state index contributed by atoms with van der Waals surface area (Å²) < 4.78 is 26.2. The van der Waals surface area contributed by atoms with Gasteiger partial charge in [0.25, 0.3) is 0 Å². The summed E-state index contributed by atoms with van der Waals surface area (Å²) in [5.41, 5.74) is 0.776. The van der Waals surface area contributed by atoms with Crippen molar-refractivity contribution in [3.63, 3.8) is 0 Å². The number of hydrogen-bond donors (Lipinski definition) is 2. The van der Waals surface area contributed by atoms with Gasteiger partial charge in [-0.2, -0.15) is 0 Å². The van der Waals surface area contributed by atoms with Gasteiger partial charge in [0, 0.05) is 19.6 Å². The molecule has 0 amide bonds. The maximum atomic E-state index is 13.2. The molecular formula is C16H23F2N3. The van der Waals surface area contributed by atoms with Gasteiger partial charge in [0.15, 0.2) is 17.6 Å². The van der Waals surface area contributed by atoms with E-state index in [1.54, 1.807) is 13.1 Å². The van der Waals surface area contributed by atoms with Crippen LogP contribution >= 0.6 is 0 Å². The molecule has 1 atom stereocenters. The zero-order valence-electron chi connectivity index (χ0n) is 12.6. The Kier molecular flexibility index (Phi) is 5.53. The summed E-state index contributed by atoms with van der Waals surface area (Å²) in [6.45, 7) is 2.60. The van der Waals surface area contributed by atoms with E-state index in [1.807, 2.05) is 6.92 Å². The summed E-state index contributed by atoms with van der Waals surface area (Å²) in [4.78, 5) is 4.21. The van der Waals surface area contributed by atoms with Crippen molar-refractivity contribution < 1.29 is 8.78 Å². The number of halogens is 2. The molecule has 1 aromatic carbocycles. The summed E-state index contributed by atoms with van der Waals surface area (Å²) in [6.07, 6.45) is 4.89. The smallest absolute Gasteiger partial charge is 0.191 e. The van der Waals surface area contributed by atoms with E-state index >= 15 is 0 Å². The molecule has 3 nitrogen and oxygen atoms in total. The highest BCUT2D eigenvalue weighted by atomic mass is 19.2. The first-order chi connectivity index (χ1) is 10.1. The van der Waals surface area contributed by atoms with Crippen LogP contribution < -0.4 is 10.6 Å². The molecule has 0 spiro atoms. The highest BCUT2D eigenvalue weighted by Gasteiger charge is 2.16. The van der Waals surface area contributed by atoms with Crippen LogP contribution in [-0.2, 0) is 0 Å². The second-order valence-electron chi connectivity index (χ2n) is 5.65. The molecule has 0 saturated heterocycles. The predicted molar refractivity (Wildman–Crippen MR) is 81.5 cm³/mol. The largest absolute Gasteiger partial charge is 0.356 e. The van der Waals surface area contributed by atoms with Crippen molar-refractivity contribution >= 4 is 5.96 Å². The van der Waals surface area contributed by atoms with Crippen molar-refractivity contribution in [3.05, 3.63) is 35.4 Å². The van der Waals surface area contributed by atoms with E-state index < -0.39 is 11.6 Å². The van der Waals surface area contributed by atoms with Crippen molar-refractivity contribution in [2.24, 2.45) is 4.99 Å². The van der Waals surface area contributed by atoms with Crippen LogP contribution in [0.4, 0.5) is 8.78 Å². The van der Waals surface area contributed by atoms with E-state index in [1.165, 1.54) is 37.8 Å². The molecule has 5 heteroatoms. The number of rotatable bonds is 4. The average Bonchev–Trinajstić information content (AvgIpc) is 2.99. The van der Waals surface area contributed by atoms with Crippen LogP contribution in [0, 0.1) is 11.6 Å². The summed E-state index contributed by atoms with van der Waals surface area (Å²) in [5.74, 6) is -0.760. The molecule has 0 aliphatic heterocycles. The molecule has 116 valence electrons. The van der Waals surface area contributed by atoms with Crippen LogP contribution in [0.1, 0.15) is 44.1 Å². The molecule has 0 radical (unpaired) electrons. The number of nitrogens with one attached hydrogen (secondary N) is 2. The van der Waals surface area contributed by atoms with Gasteiger partial charge in [-0.05, 0) is 36.5 Å². The van der Waals surface area contributed by atoms with Gasteiger partial charge in [-0.15, -0.1) is 0 Å². The van der Waals surface area contributed by atoms with Crippen LogP contribution in [0.2, 0.25) is 0 Å². The lowest BCUT2D eigenvalue weighted by molar-refractivity contribution is 0.505. The number of hydrogen-bond acceptors (Lipinski definition) is 1. The van der Waals surface area contributed by atoms with Crippen LogP contribution in [0.3, 0.4) is 0 Å². The molecule has 1 fully saturated rings. The van der Waals surface area contributed by atoms with Crippen molar-refractivity contribution in [2.45, 2.75) is 44.6 Å². The minimum Gasteiger partial charge on any atom is -0.356 e. The lowest BCUT2D eigenvalue weighted by atomic mass is 10.0. The van der Waals surface area contributed by atoms with Gasteiger partial charge in [-0.25, -0.2) is 8.78 Å². The molecule has 1 aromatic rings. The van der Waals surface area contributed by atoms with Gasteiger partial charge in [0.2, 0.25) is 0 Å². The summed E-state index contributed by atoms with van der Waals surface area (Å²) in [5, 5.41) is 6.65. The van der Waals surface area contributed by atoms with Crippen molar-refractivity contribution in [2.75, 3.05) is 13.6 Å². The second kappa shape index (κ2) is 7.38. The van der Waals surface area contributed by atoms with E-state index in [4.69, 9.17) is 0 Å². The Morgan fingerprint density at radius 3 is 2.62 bits per heavy atom. The lowest BCUT2D eigenvalue weighted by Crippen LogP contribution is -2.43. The molecule has 1 saturated carbocycles. The van der Waals surface area contributed by atoms with Crippen LogP contribution in [-0.4, -0.2) is 25.6 Å². The first-order valence-electron chi connectivity index (χ1n) is 7.52. The SMILES string of the molecule is CN=C(NCC(C)c1ccc(F)c(F)c1)NC1CCCC1. The van der Waals surface area contributed by atoms with Gasteiger partial charge in [-0.1, -0.05) is 25.8 Å². The number of nitrogens with zero attached hydrogens (tertiary/aromatic N) is 1. The molecule has 1 unspecified atom stereocenters. The Labute approximate surface area is 124 Å². The number of aliphatic imine (C=N–C) groups is 1. The molecule has 21 heavy (non-hydrogen) atoms. The number of guanidine groups is 1. The van der Waals surface area contributed by atoms with E-state index in [0.717, 1.165) is 11.5 Å². The summed E-state index contributed by atoms with van der Waals surface area (Å²) in [6, 6.07) is 4.55. The third-order valence-electron chi connectivity index (χ3n) is 4.01. The van der Waals surface area contributed by atoms with Crippen LogP contribution in [0.15, 0.2) is 23.2 Å². The van der Waals surface area contributed by atoms with Gasteiger partial charge in [0.1, 0.15) is 0 Å². The standard InChI is InChI=1S/C16H23F2N3/c1-11(12-7-8-14(17)15(18)9-12)10-20-16(19-2)21-13-5-3-4-6-13/h7-9,11,13H,3-6,10H2,1-2H3,(H2,19,20,21). The first kappa shape index (κ1) is 15.7. The zero-order valence-corrected chi connectivity index (χ0v) is 12.6. The van der Waals surface area contributed by atoms with Crippen LogP contribution in [0.5, 0.6) is 0 Å². The van der Waals surface area contributed by atoms with E-state index in [0.29, 0.717) is 12.6 Å². The topological polar surface area (TPSA) is 36.4 Å². The highest BCUT2D eigenvalue weighted by Crippen LogP contribution is 2.18. The lowest BCUT2D eigenvalue weighted by Gasteiger charge is -2.19. The fourth-order valence-corrected chi connectivity index (χ4v) is 2.64. The Hall–Kier alpha value is -1.65. The molecule has 0 aromatic heterocycles. The molecule has 1 aliphatic carbocycles. The van der Waals surface area contributed by atoms with E-state index in [2.05, 4.69) is 15.6 Å². The van der Waals surface area contributed by atoms with Gasteiger partial charge in [-0.3, -0.25) is 4.99 Å².